The van der Waals surface area contributed by atoms with Gasteiger partial charge in [0.2, 0.25) is 0 Å². The summed E-state index contributed by atoms with van der Waals surface area (Å²) in [5.41, 5.74) is 1.37. The van der Waals surface area contributed by atoms with E-state index in [0.717, 1.165) is 0 Å². The largest absolute Gasteiger partial charge is 0.491 e. The first-order valence-corrected chi connectivity index (χ1v) is 9.55. The van der Waals surface area contributed by atoms with E-state index in [1.54, 1.807) is 48.5 Å². The highest BCUT2D eigenvalue weighted by atomic mass is 16.6. The fourth-order valence-corrected chi connectivity index (χ4v) is 2.60. The summed E-state index contributed by atoms with van der Waals surface area (Å²) in [6.07, 6.45) is -0.0783. The SMILES string of the molecule is O=C(O)Cc1cccc(OCCOCCOCCOc2cccc(CC(=O)O)c2)c1. The zero-order chi connectivity index (χ0) is 21.6. The van der Waals surface area contributed by atoms with Crippen molar-refractivity contribution >= 4 is 11.9 Å². The van der Waals surface area contributed by atoms with E-state index >= 15 is 0 Å². The molecule has 0 atom stereocenters. The number of aliphatic carboxylic acids is 2. The molecular formula is C22H26O8. The Balaban J connectivity index is 1.49. The average Bonchev–Trinajstić information content (AvgIpc) is 2.69. The van der Waals surface area contributed by atoms with Gasteiger partial charge < -0.3 is 29.2 Å². The lowest BCUT2D eigenvalue weighted by Crippen LogP contribution is -2.13. The van der Waals surface area contributed by atoms with Crippen LogP contribution in [0.4, 0.5) is 0 Å². The van der Waals surface area contributed by atoms with Gasteiger partial charge in [-0.2, -0.15) is 0 Å². The lowest BCUT2D eigenvalue weighted by atomic mass is 10.1. The van der Waals surface area contributed by atoms with Crippen molar-refractivity contribution in [3.05, 3.63) is 59.7 Å². The van der Waals surface area contributed by atoms with Crippen molar-refractivity contribution in [2.45, 2.75) is 12.8 Å². The van der Waals surface area contributed by atoms with E-state index < -0.39 is 11.9 Å². The average molecular weight is 418 g/mol. The van der Waals surface area contributed by atoms with Gasteiger partial charge in [-0.15, -0.1) is 0 Å². The van der Waals surface area contributed by atoms with Crippen molar-refractivity contribution in [1.82, 2.24) is 0 Å². The number of carboxylic acid groups (broad SMARTS) is 2. The summed E-state index contributed by atoms with van der Waals surface area (Å²) in [5, 5.41) is 17.6. The Morgan fingerprint density at radius 1 is 0.633 bits per heavy atom. The van der Waals surface area contributed by atoms with E-state index in [0.29, 0.717) is 62.3 Å². The fourth-order valence-electron chi connectivity index (χ4n) is 2.60. The molecule has 0 radical (unpaired) electrons. The molecule has 0 heterocycles. The minimum atomic E-state index is -0.882. The van der Waals surface area contributed by atoms with E-state index in [2.05, 4.69) is 0 Å². The van der Waals surface area contributed by atoms with Gasteiger partial charge in [-0.25, -0.2) is 0 Å². The maximum atomic E-state index is 10.7. The minimum absolute atomic E-state index is 0.0392. The molecule has 0 bridgehead atoms. The molecule has 0 spiro atoms. The highest BCUT2D eigenvalue weighted by molar-refractivity contribution is 5.70. The number of rotatable bonds is 15. The first kappa shape index (κ1) is 23.2. The van der Waals surface area contributed by atoms with E-state index in [1.807, 2.05) is 0 Å². The summed E-state index contributed by atoms with van der Waals surface area (Å²) in [6, 6.07) is 13.9. The van der Waals surface area contributed by atoms with Gasteiger partial charge in [0.15, 0.2) is 0 Å². The van der Waals surface area contributed by atoms with E-state index in [1.165, 1.54) is 0 Å². The van der Waals surface area contributed by atoms with Gasteiger partial charge in [0.25, 0.3) is 0 Å². The van der Waals surface area contributed by atoms with Crippen molar-refractivity contribution in [3.8, 4) is 11.5 Å². The maximum absolute atomic E-state index is 10.7. The molecule has 0 saturated heterocycles. The van der Waals surface area contributed by atoms with Crippen LogP contribution in [-0.4, -0.2) is 61.8 Å². The summed E-state index contributed by atoms with van der Waals surface area (Å²) >= 11 is 0. The molecule has 0 aliphatic rings. The molecule has 2 aromatic carbocycles. The molecule has 0 aromatic heterocycles. The van der Waals surface area contributed by atoms with Gasteiger partial charge in [-0.1, -0.05) is 24.3 Å². The second-order valence-electron chi connectivity index (χ2n) is 6.36. The molecule has 2 rings (SSSR count). The molecule has 0 aliphatic carbocycles. The van der Waals surface area contributed by atoms with Crippen molar-refractivity contribution < 1.29 is 38.7 Å². The van der Waals surface area contributed by atoms with Gasteiger partial charge in [0.1, 0.15) is 24.7 Å². The number of hydrogen-bond acceptors (Lipinski definition) is 6. The quantitative estimate of drug-likeness (QED) is 0.424. The lowest BCUT2D eigenvalue weighted by Gasteiger charge is -2.10. The molecule has 0 unspecified atom stereocenters. The molecule has 0 aliphatic heterocycles. The van der Waals surface area contributed by atoms with Gasteiger partial charge in [-0.3, -0.25) is 9.59 Å². The van der Waals surface area contributed by atoms with Crippen LogP contribution in [-0.2, 0) is 31.9 Å². The molecule has 2 aromatic rings. The Morgan fingerprint density at radius 3 is 1.43 bits per heavy atom. The normalized spacial score (nSPS) is 10.5. The third kappa shape index (κ3) is 9.90. The van der Waals surface area contributed by atoms with E-state index in [4.69, 9.17) is 29.2 Å². The van der Waals surface area contributed by atoms with Crippen molar-refractivity contribution in [3.63, 3.8) is 0 Å². The topological polar surface area (TPSA) is 112 Å². The summed E-state index contributed by atoms with van der Waals surface area (Å²) < 4.78 is 21.9. The standard InChI is InChI=1S/C22H26O8/c23-21(24)15-17-3-1-5-19(13-17)29-11-9-27-7-8-28-10-12-30-20-6-2-4-18(14-20)16-22(25)26/h1-6,13-14H,7-12,15-16H2,(H,23,24)(H,25,26). The highest BCUT2D eigenvalue weighted by Crippen LogP contribution is 2.14. The number of carboxylic acids is 2. The number of hydrogen-bond donors (Lipinski definition) is 2. The summed E-state index contributed by atoms with van der Waals surface area (Å²) in [6.45, 7) is 2.31. The van der Waals surface area contributed by atoms with Crippen LogP contribution in [0.25, 0.3) is 0 Å². The van der Waals surface area contributed by atoms with Crippen LogP contribution in [0.15, 0.2) is 48.5 Å². The van der Waals surface area contributed by atoms with Gasteiger partial charge >= 0.3 is 11.9 Å². The molecule has 0 amide bonds. The second-order valence-corrected chi connectivity index (χ2v) is 6.36. The number of carbonyl (C=O) groups is 2. The van der Waals surface area contributed by atoms with Crippen molar-refractivity contribution in [1.29, 1.82) is 0 Å². The monoisotopic (exact) mass is 418 g/mol. The Bertz CT molecular complexity index is 738. The van der Waals surface area contributed by atoms with Crippen LogP contribution in [0.3, 0.4) is 0 Å². The Labute approximate surface area is 175 Å². The fraction of sp³-hybridized carbons (Fsp3) is 0.364. The molecule has 30 heavy (non-hydrogen) atoms. The maximum Gasteiger partial charge on any atom is 0.307 e. The van der Waals surface area contributed by atoms with Gasteiger partial charge in [0, 0.05) is 0 Å². The first-order chi connectivity index (χ1) is 14.5. The summed E-state index contributed by atoms with van der Waals surface area (Å²) in [4.78, 5) is 21.5. The van der Waals surface area contributed by atoms with Crippen LogP contribution >= 0.6 is 0 Å². The van der Waals surface area contributed by atoms with Crippen LogP contribution in [0.1, 0.15) is 11.1 Å². The van der Waals surface area contributed by atoms with Crippen LogP contribution in [0.5, 0.6) is 11.5 Å². The molecule has 8 heteroatoms. The third-order valence-electron chi connectivity index (χ3n) is 3.87. The Hall–Kier alpha value is -3.10. The van der Waals surface area contributed by atoms with Crippen LogP contribution in [0, 0.1) is 0 Å². The van der Waals surface area contributed by atoms with E-state index in [-0.39, 0.29) is 12.8 Å². The third-order valence-corrected chi connectivity index (χ3v) is 3.87. The Morgan fingerprint density at radius 2 is 1.03 bits per heavy atom. The van der Waals surface area contributed by atoms with Crippen molar-refractivity contribution in [2.75, 3.05) is 39.6 Å². The highest BCUT2D eigenvalue weighted by Gasteiger charge is 2.03. The lowest BCUT2D eigenvalue weighted by molar-refractivity contribution is -0.137. The minimum Gasteiger partial charge on any atom is -0.491 e. The van der Waals surface area contributed by atoms with Crippen molar-refractivity contribution in [2.24, 2.45) is 0 Å². The Kier molecular flexibility index (Phi) is 10.2. The van der Waals surface area contributed by atoms with Gasteiger partial charge in [0.05, 0.1) is 39.3 Å². The predicted molar refractivity (Wildman–Crippen MR) is 108 cm³/mol. The number of ether oxygens (including phenoxy) is 4. The number of benzene rings is 2. The molecule has 0 fully saturated rings. The molecular weight excluding hydrogens is 392 g/mol. The zero-order valence-corrected chi connectivity index (χ0v) is 16.6. The second kappa shape index (κ2) is 13.2. The molecule has 0 saturated carbocycles. The van der Waals surface area contributed by atoms with Crippen LogP contribution < -0.4 is 9.47 Å². The first-order valence-electron chi connectivity index (χ1n) is 9.55. The van der Waals surface area contributed by atoms with E-state index in [9.17, 15) is 9.59 Å². The van der Waals surface area contributed by atoms with Crippen LogP contribution in [0.2, 0.25) is 0 Å². The van der Waals surface area contributed by atoms with Gasteiger partial charge in [-0.05, 0) is 35.4 Å². The molecule has 2 N–H and O–H groups in total. The molecule has 162 valence electrons. The predicted octanol–water partition coefficient (Wildman–Crippen LogP) is 2.43. The summed E-state index contributed by atoms with van der Waals surface area (Å²) in [7, 11) is 0. The smallest absolute Gasteiger partial charge is 0.307 e. The molecule has 8 nitrogen and oxygen atoms in total. The zero-order valence-electron chi connectivity index (χ0n) is 16.6. The summed E-state index contributed by atoms with van der Waals surface area (Å²) in [5.74, 6) is -0.545.